The molecule has 0 heterocycles. The molecule has 1 rings (SSSR count). The summed E-state index contributed by atoms with van der Waals surface area (Å²) in [6.45, 7) is 6.33. The van der Waals surface area contributed by atoms with E-state index in [4.69, 9.17) is 4.74 Å². The van der Waals surface area contributed by atoms with Crippen LogP contribution in [-0.4, -0.2) is 36.7 Å². The van der Waals surface area contributed by atoms with Gasteiger partial charge in [-0.1, -0.05) is 19.1 Å². The second-order valence-electron chi connectivity index (χ2n) is 4.38. The lowest BCUT2D eigenvalue weighted by atomic mass is 10.2. The number of benzene rings is 1. The topological polar surface area (TPSA) is 41.5 Å². The number of thioether (sulfide) groups is 1. The molecule has 0 amide bonds. The maximum absolute atomic E-state index is 9.46. The molecule has 0 aliphatic rings. The van der Waals surface area contributed by atoms with E-state index < -0.39 is 0 Å². The van der Waals surface area contributed by atoms with Gasteiger partial charge < -0.3 is 15.2 Å². The van der Waals surface area contributed by atoms with Crippen molar-refractivity contribution >= 4 is 11.8 Å². The van der Waals surface area contributed by atoms with Gasteiger partial charge in [-0.05, 0) is 24.6 Å². The number of methoxy groups -OCH3 is 1. The lowest BCUT2D eigenvalue weighted by Crippen LogP contribution is -2.18. The van der Waals surface area contributed by atoms with Gasteiger partial charge in [0.25, 0.3) is 0 Å². The Bertz CT molecular complexity index is 327. The van der Waals surface area contributed by atoms with Crippen molar-refractivity contribution in [2.45, 2.75) is 36.6 Å². The molecular formula is C14H23NO2S. The average Bonchev–Trinajstić information content (AvgIpc) is 2.36. The molecule has 0 saturated carbocycles. The van der Waals surface area contributed by atoms with Crippen molar-refractivity contribution in [3.8, 4) is 0 Å². The molecule has 0 aliphatic carbocycles. The Morgan fingerprint density at radius 3 is 2.50 bits per heavy atom. The quantitative estimate of drug-likeness (QED) is 0.561. The van der Waals surface area contributed by atoms with E-state index in [-0.39, 0.29) is 11.4 Å². The van der Waals surface area contributed by atoms with Crippen molar-refractivity contribution in [1.82, 2.24) is 5.32 Å². The summed E-state index contributed by atoms with van der Waals surface area (Å²) in [5, 5.41) is 13.0. The van der Waals surface area contributed by atoms with Crippen molar-refractivity contribution in [3.05, 3.63) is 29.8 Å². The van der Waals surface area contributed by atoms with Gasteiger partial charge in [0.05, 0.1) is 12.7 Å². The summed E-state index contributed by atoms with van der Waals surface area (Å²) >= 11 is 1.70. The van der Waals surface area contributed by atoms with Gasteiger partial charge >= 0.3 is 0 Å². The average molecular weight is 269 g/mol. The first-order chi connectivity index (χ1) is 8.63. The monoisotopic (exact) mass is 269 g/mol. The zero-order valence-electron chi connectivity index (χ0n) is 11.3. The van der Waals surface area contributed by atoms with Crippen LogP contribution in [0.4, 0.5) is 0 Å². The fraction of sp³-hybridized carbons (Fsp3) is 0.571. The van der Waals surface area contributed by atoms with E-state index in [1.807, 2.05) is 13.8 Å². The van der Waals surface area contributed by atoms with E-state index in [0.29, 0.717) is 0 Å². The van der Waals surface area contributed by atoms with Gasteiger partial charge in [0.2, 0.25) is 0 Å². The lowest BCUT2D eigenvalue weighted by molar-refractivity contribution is 0.196. The Morgan fingerprint density at radius 2 is 1.94 bits per heavy atom. The minimum Gasteiger partial charge on any atom is -0.392 e. The predicted octanol–water partition coefficient (Wildman–Crippen LogP) is 2.28. The number of hydrogen-bond donors (Lipinski definition) is 2. The summed E-state index contributed by atoms with van der Waals surface area (Å²) in [5.41, 5.74) is 1.26. The fourth-order valence-corrected chi connectivity index (χ4v) is 2.33. The van der Waals surface area contributed by atoms with Crippen LogP contribution in [0.1, 0.15) is 19.4 Å². The number of nitrogens with one attached hydrogen (secondary N) is 1. The lowest BCUT2D eigenvalue weighted by Gasteiger charge is -2.14. The Morgan fingerprint density at radius 1 is 1.28 bits per heavy atom. The molecule has 0 saturated heterocycles. The van der Waals surface area contributed by atoms with Gasteiger partial charge in [-0.3, -0.25) is 0 Å². The first-order valence-electron chi connectivity index (χ1n) is 6.27. The third-order valence-electron chi connectivity index (χ3n) is 2.74. The van der Waals surface area contributed by atoms with E-state index in [2.05, 4.69) is 29.6 Å². The number of hydrogen-bond acceptors (Lipinski definition) is 4. The second kappa shape index (κ2) is 8.53. The van der Waals surface area contributed by atoms with Crippen LogP contribution in [-0.2, 0) is 11.3 Å². The number of ether oxygens (including phenoxy) is 1. The SMILES string of the molecule is COCCNCc1ccc(SC(C)C(C)O)cc1. The zero-order valence-corrected chi connectivity index (χ0v) is 12.2. The Balaban J connectivity index is 2.37. The van der Waals surface area contributed by atoms with E-state index in [0.717, 1.165) is 19.7 Å². The summed E-state index contributed by atoms with van der Waals surface area (Å²) in [4.78, 5) is 1.20. The van der Waals surface area contributed by atoms with Crippen LogP contribution in [0.5, 0.6) is 0 Å². The van der Waals surface area contributed by atoms with Crippen LogP contribution < -0.4 is 5.32 Å². The van der Waals surface area contributed by atoms with Crippen LogP contribution in [0, 0.1) is 0 Å². The van der Waals surface area contributed by atoms with Crippen LogP contribution in [0.3, 0.4) is 0 Å². The van der Waals surface area contributed by atoms with Crippen LogP contribution >= 0.6 is 11.8 Å². The van der Waals surface area contributed by atoms with Crippen molar-refractivity contribution in [2.24, 2.45) is 0 Å². The Kier molecular flexibility index (Phi) is 7.35. The molecule has 4 heteroatoms. The third kappa shape index (κ3) is 5.87. The minimum atomic E-state index is -0.287. The number of aliphatic hydroxyl groups is 1. The van der Waals surface area contributed by atoms with Gasteiger partial charge in [0.1, 0.15) is 0 Å². The van der Waals surface area contributed by atoms with Gasteiger partial charge in [0.15, 0.2) is 0 Å². The number of rotatable bonds is 8. The second-order valence-corrected chi connectivity index (χ2v) is 5.83. The highest BCUT2D eigenvalue weighted by Gasteiger charge is 2.09. The maximum Gasteiger partial charge on any atom is 0.0631 e. The van der Waals surface area contributed by atoms with Crippen molar-refractivity contribution in [2.75, 3.05) is 20.3 Å². The van der Waals surface area contributed by atoms with Gasteiger partial charge in [0, 0.05) is 30.3 Å². The molecule has 2 unspecified atom stereocenters. The molecule has 2 atom stereocenters. The van der Waals surface area contributed by atoms with Gasteiger partial charge in [-0.15, -0.1) is 11.8 Å². The summed E-state index contributed by atoms with van der Waals surface area (Å²) in [6.07, 6.45) is -0.287. The Labute approximate surface area is 114 Å². The van der Waals surface area contributed by atoms with E-state index in [1.165, 1.54) is 10.5 Å². The van der Waals surface area contributed by atoms with E-state index >= 15 is 0 Å². The van der Waals surface area contributed by atoms with Crippen LogP contribution in [0.25, 0.3) is 0 Å². The molecule has 102 valence electrons. The molecule has 0 bridgehead atoms. The zero-order chi connectivity index (χ0) is 13.4. The van der Waals surface area contributed by atoms with Gasteiger partial charge in [-0.2, -0.15) is 0 Å². The van der Waals surface area contributed by atoms with Crippen molar-refractivity contribution < 1.29 is 9.84 Å². The molecule has 0 aromatic heterocycles. The first kappa shape index (κ1) is 15.5. The highest BCUT2D eigenvalue weighted by molar-refractivity contribution is 8.00. The molecule has 2 N–H and O–H groups in total. The largest absolute Gasteiger partial charge is 0.392 e. The van der Waals surface area contributed by atoms with Crippen LogP contribution in [0.2, 0.25) is 0 Å². The predicted molar refractivity (Wildman–Crippen MR) is 77.0 cm³/mol. The summed E-state index contributed by atoms with van der Waals surface area (Å²) in [5.74, 6) is 0. The summed E-state index contributed by atoms with van der Waals surface area (Å²) in [7, 11) is 1.71. The summed E-state index contributed by atoms with van der Waals surface area (Å²) in [6, 6.07) is 8.46. The molecule has 18 heavy (non-hydrogen) atoms. The highest BCUT2D eigenvalue weighted by Crippen LogP contribution is 2.25. The molecule has 3 nitrogen and oxygen atoms in total. The van der Waals surface area contributed by atoms with E-state index in [1.54, 1.807) is 18.9 Å². The molecule has 0 radical (unpaired) electrons. The third-order valence-corrected chi connectivity index (χ3v) is 4.05. The van der Waals surface area contributed by atoms with Crippen LogP contribution in [0.15, 0.2) is 29.2 Å². The standard InChI is InChI=1S/C14H23NO2S/c1-11(16)12(2)18-14-6-4-13(5-7-14)10-15-8-9-17-3/h4-7,11-12,15-16H,8-10H2,1-3H3. The van der Waals surface area contributed by atoms with Crippen molar-refractivity contribution in [1.29, 1.82) is 0 Å². The number of aliphatic hydroxyl groups excluding tert-OH is 1. The minimum absolute atomic E-state index is 0.218. The molecule has 0 fully saturated rings. The molecule has 1 aromatic carbocycles. The maximum atomic E-state index is 9.46. The van der Waals surface area contributed by atoms with Gasteiger partial charge in [-0.25, -0.2) is 0 Å². The summed E-state index contributed by atoms with van der Waals surface area (Å²) < 4.78 is 4.98. The fourth-order valence-electron chi connectivity index (χ4n) is 1.41. The smallest absolute Gasteiger partial charge is 0.0631 e. The van der Waals surface area contributed by atoms with Crippen molar-refractivity contribution in [3.63, 3.8) is 0 Å². The molecule has 0 spiro atoms. The molecule has 0 aliphatic heterocycles. The normalized spacial score (nSPS) is 14.4. The molecular weight excluding hydrogens is 246 g/mol. The highest BCUT2D eigenvalue weighted by atomic mass is 32.2. The molecule has 1 aromatic rings. The first-order valence-corrected chi connectivity index (χ1v) is 7.14. The van der Waals surface area contributed by atoms with E-state index in [9.17, 15) is 5.11 Å². The Hall–Kier alpha value is -0.550.